The van der Waals surface area contributed by atoms with Gasteiger partial charge in [0.05, 0.1) is 0 Å². The zero-order valence-corrected chi connectivity index (χ0v) is 17.4. The molecule has 0 amide bonds. The van der Waals surface area contributed by atoms with Crippen LogP contribution in [0.15, 0.2) is 23.7 Å². The van der Waals surface area contributed by atoms with Crippen LogP contribution in [0.5, 0.6) is 0 Å². The van der Waals surface area contributed by atoms with Crippen molar-refractivity contribution in [1.29, 1.82) is 0 Å². The first-order chi connectivity index (χ1) is 8.90. The first kappa shape index (κ1) is 14.0. The van der Waals surface area contributed by atoms with Crippen LogP contribution in [0.3, 0.4) is 0 Å². The van der Waals surface area contributed by atoms with E-state index >= 15 is 0 Å². The van der Waals surface area contributed by atoms with Crippen LogP contribution in [0.4, 0.5) is 0 Å². The van der Waals surface area contributed by atoms with E-state index in [1.54, 1.807) is 20.3 Å². The molecule has 0 saturated carbocycles. The quantitative estimate of drug-likeness (QED) is 0.475. The maximum atomic E-state index is 2.15. The van der Waals surface area contributed by atoms with Gasteiger partial charge in [-0.05, 0) is 0 Å². The number of hydrogen-bond acceptors (Lipinski definition) is 6. The molecule has 0 unspecified atom stereocenters. The van der Waals surface area contributed by atoms with Gasteiger partial charge in [-0.1, -0.05) is 0 Å². The van der Waals surface area contributed by atoms with Gasteiger partial charge in [-0.3, -0.25) is 0 Å². The molecule has 0 aromatic rings. The molecule has 4 aliphatic heterocycles. The number of hydrogen-bond donors (Lipinski definition) is 0. The predicted octanol–water partition coefficient (Wildman–Crippen LogP) is 4.23. The van der Waals surface area contributed by atoms with Crippen LogP contribution in [0.1, 0.15) is 0 Å². The molecule has 0 nitrogen and oxygen atoms in total. The summed E-state index contributed by atoms with van der Waals surface area (Å²) in [6.45, 7) is 0. The molecule has 96 valence electrons. The first-order valence-corrected chi connectivity index (χ1v) is 14.4. The molecule has 4 aliphatic rings. The number of thioether (sulfide) groups is 6. The molecule has 0 atom stereocenters. The van der Waals surface area contributed by atoms with E-state index in [-0.39, 0.29) is 0 Å². The second kappa shape index (κ2) is 6.23. The molecule has 0 saturated heterocycles. The Balaban J connectivity index is 1.54. The normalized spacial score (nSPS) is 28.0. The van der Waals surface area contributed by atoms with Crippen LogP contribution in [0, 0.1) is 0 Å². The summed E-state index contributed by atoms with van der Waals surface area (Å²) in [5, 5.41) is 0. The third-order valence-electron chi connectivity index (χ3n) is 2.34. The van der Waals surface area contributed by atoms with Crippen LogP contribution < -0.4 is 0 Å². The van der Waals surface area contributed by atoms with E-state index in [9.17, 15) is 0 Å². The van der Waals surface area contributed by atoms with Gasteiger partial charge in [0.15, 0.2) is 0 Å². The fourth-order valence-electron chi connectivity index (χ4n) is 1.60. The molecule has 0 spiro atoms. The third-order valence-corrected chi connectivity index (χ3v) is 20.1. The Morgan fingerprint density at radius 3 is 1.67 bits per heavy atom. The molecule has 4 heterocycles. The van der Waals surface area contributed by atoms with Crippen LogP contribution in [-0.2, 0) is 0 Å². The molecule has 8 heteroatoms. The average Bonchev–Trinajstić information content (AvgIpc) is 3.02. The van der Waals surface area contributed by atoms with Gasteiger partial charge < -0.3 is 0 Å². The summed E-state index contributed by atoms with van der Waals surface area (Å²) >= 11 is 14.0. The molecular formula is C10H8S6Se2. The van der Waals surface area contributed by atoms with Gasteiger partial charge in [0.1, 0.15) is 0 Å². The Morgan fingerprint density at radius 2 is 1.11 bits per heavy atom. The first-order valence-electron chi connectivity index (χ1n) is 5.35. The molecule has 4 rings (SSSR count). The molecule has 0 aromatic heterocycles. The van der Waals surface area contributed by atoms with E-state index < -0.39 is 0 Å². The molecule has 0 radical (unpaired) electrons. The summed E-state index contributed by atoms with van der Waals surface area (Å²) in [6.07, 6.45) is 0. The monoisotopic (exact) mass is 480 g/mol. The van der Waals surface area contributed by atoms with E-state index in [1.165, 1.54) is 23.0 Å². The van der Waals surface area contributed by atoms with Gasteiger partial charge >= 0.3 is 147 Å². The van der Waals surface area contributed by atoms with Crippen LogP contribution in [0.2, 0.25) is 0 Å². The van der Waals surface area contributed by atoms with Crippen molar-refractivity contribution < 1.29 is 0 Å². The van der Waals surface area contributed by atoms with Crippen molar-refractivity contribution in [1.82, 2.24) is 0 Å². The molecule has 0 aliphatic carbocycles. The summed E-state index contributed by atoms with van der Waals surface area (Å²) in [4.78, 5) is 0. The molecule has 0 aromatic carbocycles. The van der Waals surface area contributed by atoms with Crippen molar-refractivity contribution in [2.24, 2.45) is 0 Å². The molecule has 0 N–H and O–H groups in total. The molecular weight excluding hydrogens is 470 g/mol. The van der Waals surface area contributed by atoms with Crippen molar-refractivity contribution in [2.75, 3.05) is 23.0 Å². The number of rotatable bonds is 0. The summed E-state index contributed by atoms with van der Waals surface area (Å²) in [6, 6.07) is 0. The van der Waals surface area contributed by atoms with E-state index in [4.69, 9.17) is 0 Å². The molecule has 0 bridgehead atoms. The SMILES string of the molecule is C1CSC2=C(S1)SC(=C1[Se]C3=C(SCCS3)[Se]1)S2. The minimum atomic E-state index is 0.673. The Morgan fingerprint density at radius 1 is 0.611 bits per heavy atom. The Bertz CT molecular complexity index is 411. The predicted molar refractivity (Wildman–Crippen MR) is 97.6 cm³/mol. The van der Waals surface area contributed by atoms with E-state index in [0.29, 0.717) is 29.9 Å². The topological polar surface area (TPSA) is 0 Å². The summed E-state index contributed by atoms with van der Waals surface area (Å²) < 4.78 is 10.2. The average molecular weight is 478 g/mol. The molecule has 18 heavy (non-hydrogen) atoms. The van der Waals surface area contributed by atoms with Crippen molar-refractivity contribution in [3.63, 3.8) is 0 Å². The third kappa shape index (κ3) is 2.81. The van der Waals surface area contributed by atoms with Gasteiger partial charge in [0, 0.05) is 0 Å². The van der Waals surface area contributed by atoms with Crippen LogP contribution in [0.25, 0.3) is 0 Å². The van der Waals surface area contributed by atoms with Crippen LogP contribution in [-0.4, -0.2) is 52.9 Å². The van der Waals surface area contributed by atoms with Crippen molar-refractivity contribution >= 4 is 100 Å². The van der Waals surface area contributed by atoms with Crippen molar-refractivity contribution in [3.05, 3.63) is 23.7 Å². The van der Waals surface area contributed by atoms with E-state index in [0.717, 1.165) is 0 Å². The second-order valence-electron chi connectivity index (χ2n) is 3.53. The standard InChI is InChI=1S/C10H8S6Se2/c1-2-12-6-5(11-1)15-7(16-6)10-17-8-9(18-10)14-4-3-13-8/h1-4H2. The zero-order valence-electron chi connectivity index (χ0n) is 9.09. The van der Waals surface area contributed by atoms with E-state index in [2.05, 4.69) is 70.6 Å². The van der Waals surface area contributed by atoms with Gasteiger partial charge in [-0.25, -0.2) is 0 Å². The summed E-state index contributed by atoms with van der Waals surface area (Å²) in [7, 11) is 0. The summed E-state index contributed by atoms with van der Waals surface area (Å²) in [5.41, 5.74) is 0. The molecule has 0 fully saturated rings. The zero-order chi connectivity index (χ0) is 11.9. The Kier molecular flexibility index (Phi) is 4.84. The van der Waals surface area contributed by atoms with Gasteiger partial charge in [-0.15, -0.1) is 0 Å². The second-order valence-corrected chi connectivity index (χ2v) is 17.5. The minimum absolute atomic E-state index is 0.673. The maximum absolute atomic E-state index is 2.15. The fourth-order valence-corrected chi connectivity index (χ4v) is 20.6. The Labute approximate surface area is 145 Å². The van der Waals surface area contributed by atoms with E-state index in [1.807, 2.05) is 3.37 Å². The van der Waals surface area contributed by atoms with Gasteiger partial charge in [-0.2, -0.15) is 0 Å². The van der Waals surface area contributed by atoms with Crippen molar-refractivity contribution in [3.8, 4) is 0 Å². The van der Waals surface area contributed by atoms with Crippen molar-refractivity contribution in [2.45, 2.75) is 0 Å². The Hall–Kier alpha value is 2.36. The fraction of sp³-hybridized carbons (Fsp3) is 0.400. The van der Waals surface area contributed by atoms with Gasteiger partial charge in [0.2, 0.25) is 0 Å². The van der Waals surface area contributed by atoms with Gasteiger partial charge in [0.25, 0.3) is 0 Å². The van der Waals surface area contributed by atoms with Crippen LogP contribution >= 0.6 is 70.6 Å². The summed E-state index contributed by atoms with van der Waals surface area (Å²) in [5.74, 6) is 5.28.